The smallest absolute Gasteiger partial charge is 0.349 e. The van der Waals surface area contributed by atoms with E-state index in [9.17, 15) is 18.0 Å². The van der Waals surface area contributed by atoms with E-state index in [2.05, 4.69) is 5.32 Å². The first kappa shape index (κ1) is 8.59. The van der Waals surface area contributed by atoms with E-state index in [4.69, 9.17) is 0 Å². The summed E-state index contributed by atoms with van der Waals surface area (Å²) >= 11 is 0. The van der Waals surface area contributed by atoms with Crippen LogP contribution in [0.15, 0.2) is 11.6 Å². The number of nitrogens with one attached hydrogen (secondary N) is 1. The predicted octanol–water partition coefficient (Wildman–Crippen LogP) is 1.38. The fourth-order valence-corrected chi connectivity index (χ4v) is 1.96. The Kier molecular flexibility index (Phi) is 1.65. The van der Waals surface area contributed by atoms with Crippen molar-refractivity contribution < 1.29 is 18.0 Å². The van der Waals surface area contributed by atoms with Gasteiger partial charge in [-0.2, -0.15) is 13.2 Å². The van der Waals surface area contributed by atoms with E-state index in [1.807, 2.05) is 0 Å². The monoisotopic (exact) mass is 191 g/mol. The summed E-state index contributed by atoms with van der Waals surface area (Å²) in [5.74, 6) is -0.331. The molecule has 0 aromatic heterocycles. The Morgan fingerprint density at radius 1 is 1.46 bits per heavy atom. The molecule has 0 aromatic carbocycles. The van der Waals surface area contributed by atoms with Gasteiger partial charge >= 0.3 is 6.18 Å². The van der Waals surface area contributed by atoms with Crippen molar-refractivity contribution in [3.05, 3.63) is 11.6 Å². The second-order valence-corrected chi connectivity index (χ2v) is 3.46. The highest BCUT2D eigenvalue weighted by Gasteiger charge is 2.43. The molecule has 2 nitrogen and oxygen atoms in total. The summed E-state index contributed by atoms with van der Waals surface area (Å²) in [5, 5.41) is 2.52. The Labute approximate surface area is 72.8 Å². The van der Waals surface area contributed by atoms with E-state index in [1.165, 1.54) is 0 Å². The maximum atomic E-state index is 11.9. The fourth-order valence-electron chi connectivity index (χ4n) is 1.96. The molecule has 0 aromatic rings. The molecule has 0 unspecified atom stereocenters. The molecule has 1 saturated carbocycles. The predicted molar refractivity (Wildman–Crippen MR) is 38.8 cm³/mol. The zero-order valence-corrected chi connectivity index (χ0v) is 6.69. The number of halogens is 3. The Bertz CT molecular complexity index is 282. The molecule has 1 aliphatic carbocycles. The topological polar surface area (TPSA) is 29.1 Å². The first-order valence-corrected chi connectivity index (χ1v) is 4.04. The van der Waals surface area contributed by atoms with Crippen molar-refractivity contribution >= 4 is 5.91 Å². The van der Waals surface area contributed by atoms with Gasteiger partial charge in [0.2, 0.25) is 5.91 Å². The normalized spacial score (nSPS) is 35.6. The Morgan fingerprint density at radius 3 is 2.54 bits per heavy atom. The van der Waals surface area contributed by atoms with Gasteiger partial charge in [0.15, 0.2) is 0 Å². The zero-order valence-electron chi connectivity index (χ0n) is 6.69. The molecule has 2 fully saturated rings. The van der Waals surface area contributed by atoms with E-state index in [1.54, 1.807) is 0 Å². The van der Waals surface area contributed by atoms with Crippen LogP contribution in [0.2, 0.25) is 0 Å². The largest absolute Gasteiger partial charge is 0.409 e. The number of fused-ring (bicyclic) bond motifs is 2. The minimum atomic E-state index is -4.26. The van der Waals surface area contributed by atoms with Gasteiger partial charge < -0.3 is 5.32 Å². The maximum absolute atomic E-state index is 11.9. The van der Waals surface area contributed by atoms with Crippen LogP contribution < -0.4 is 5.32 Å². The van der Waals surface area contributed by atoms with Crippen LogP contribution in [-0.2, 0) is 4.79 Å². The molecule has 1 saturated heterocycles. The number of rotatable bonds is 0. The Balaban J connectivity index is 2.15. The number of allylic oxidation sites excluding steroid dienone is 1. The van der Waals surface area contributed by atoms with Gasteiger partial charge in [-0.1, -0.05) is 0 Å². The summed E-state index contributed by atoms with van der Waals surface area (Å²) in [6, 6.07) is -0.362. The van der Waals surface area contributed by atoms with Gasteiger partial charge in [0, 0.05) is 12.0 Å². The van der Waals surface area contributed by atoms with Crippen LogP contribution in [0.1, 0.15) is 12.8 Å². The molecule has 1 aliphatic heterocycles. The van der Waals surface area contributed by atoms with Crippen molar-refractivity contribution in [1.29, 1.82) is 0 Å². The Morgan fingerprint density at radius 2 is 2.15 bits per heavy atom. The van der Waals surface area contributed by atoms with Gasteiger partial charge in [0.05, 0.1) is 6.04 Å². The summed E-state index contributed by atoms with van der Waals surface area (Å²) in [6.07, 6.45) is -3.14. The van der Waals surface area contributed by atoms with Gasteiger partial charge in [-0.25, -0.2) is 0 Å². The molecule has 1 N–H and O–H groups in total. The minimum Gasteiger partial charge on any atom is -0.349 e. The van der Waals surface area contributed by atoms with E-state index in [0.29, 0.717) is 18.1 Å². The van der Waals surface area contributed by atoms with Crippen molar-refractivity contribution in [2.75, 3.05) is 0 Å². The molecule has 5 heteroatoms. The van der Waals surface area contributed by atoms with E-state index in [0.717, 1.165) is 0 Å². The van der Waals surface area contributed by atoms with Gasteiger partial charge in [0.1, 0.15) is 0 Å². The highest BCUT2D eigenvalue weighted by Crippen LogP contribution is 2.38. The molecule has 1 heterocycles. The second-order valence-electron chi connectivity index (χ2n) is 3.46. The molecule has 2 rings (SSSR count). The first-order valence-electron chi connectivity index (χ1n) is 4.04. The quantitative estimate of drug-likeness (QED) is 0.576. The third-order valence-electron chi connectivity index (χ3n) is 2.49. The summed E-state index contributed by atoms with van der Waals surface area (Å²) in [5.41, 5.74) is 0.317. The average molecular weight is 191 g/mol. The second kappa shape index (κ2) is 2.49. The summed E-state index contributed by atoms with van der Waals surface area (Å²) in [4.78, 5) is 10.9. The number of hydrogen-bond acceptors (Lipinski definition) is 1. The number of hydrogen-bond donors (Lipinski definition) is 1. The number of carbonyl (C=O) groups is 1. The molecule has 2 aliphatic rings. The van der Waals surface area contributed by atoms with Crippen molar-refractivity contribution in [2.24, 2.45) is 5.92 Å². The highest BCUT2D eigenvalue weighted by atomic mass is 19.4. The van der Waals surface area contributed by atoms with Crippen LogP contribution in [0.5, 0.6) is 0 Å². The van der Waals surface area contributed by atoms with E-state index in [-0.39, 0.29) is 24.3 Å². The van der Waals surface area contributed by atoms with Crippen LogP contribution in [-0.4, -0.2) is 18.1 Å². The van der Waals surface area contributed by atoms with Crippen LogP contribution in [0, 0.1) is 5.92 Å². The molecular weight excluding hydrogens is 183 g/mol. The van der Waals surface area contributed by atoms with E-state index >= 15 is 0 Å². The number of piperidine rings is 1. The zero-order chi connectivity index (χ0) is 9.64. The Hall–Kier alpha value is -1.00. The van der Waals surface area contributed by atoms with E-state index < -0.39 is 6.18 Å². The number of alkyl halides is 3. The van der Waals surface area contributed by atoms with Crippen LogP contribution in [0.3, 0.4) is 0 Å². The standard InChI is InChI=1S/C8H8F3NO/c9-8(10,11)3-5-1-4-2-6(5)12-7(4)13/h3-4,6H,1-2H2,(H,12,13)/b5-3+/t4-,6-/m0/s1. The lowest BCUT2D eigenvalue weighted by Gasteiger charge is -2.15. The van der Waals surface area contributed by atoms with Gasteiger partial charge in [-0.3, -0.25) is 4.79 Å². The van der Waals surface area contributed by atoms with Gasteiger partial charge in [0.25, 0.3) is 0 Å². The molecule has 2 bridgehead atoms. The number of carbonyl (C=O) groups excluding carboxylic acids is 1. The molecule has 1 amide bonds. The third kappa shape index (κ3) is 1.55. The van der Waals surface area contributed by atoms with Gasteiger partial charge in [-0.15, -0.1) is 0 Å². The lowest BCUT2D eigenvalue weighted by molar-refractivity contribution is -0.123. The summed E-state index contributed by atoms with van der Waals surface area (Å²) in [7, 11) is 0. The molecule has 0 radical (unpaired) electrons. The maximum Gasteiger partial charge on any atom is 0.409 e. The molecule has 0 spiro atoms. The molecule has 72 valence electrons. The number of amides is 1. The minimum absolute atomic E-state index is 0.107. The molecule has 13 heavy (non-hydrogen) atoms. The van der Waals surface area contributed by atoms with Crippen molar-refractivity contribution in [3.8, 4) is 0 Å². The third-order valence-corrected chi connectivity index (χ3v) is 2.49. The lowest BCUT2D eigenvalue weighted by atomic mass is 10.1. The van der Waals surface area contributed by atoms with Gasteiger partial charge in [-0.05, 0) is 18.4 Å². The fraction of sp³-hybridized carbons (Fsp3) is 0.625. The van der Waals surface area contributed by atoms with Crippen molar-refractivity contribution in [3.63, 3.8) is 0 Å². The van der Waals surface area contributed by atoms with Crippen LogP contribution in [0.4, 0.5) is 13.2 Å². The lowest BCUT2D eigenvalue weighted by Crippen LogP contribution is -2.32. The summed E-state index contributed by atoms with van der Waals surface area (Å²) in [6.45, 7) is 0. The SMILES string of the molecule is O=C1N[C@H]2C[C@@H]1C/C2=C\C(F)(F)F. The highest BCUT2D eigenvalue weighted by molar-refractivity contribution is 5.84. The first-order chi connectivity index (χ1) is 5.96. The molecular formula is C8H8F3NO. The average Bonchev–Trinajstić information content (AvgIpc) is 2.42. The molecule has 2 atom stereocenters. The van der Waals surface area contributed by atoms with Crippen molar-refractivity contribution in [1.82, 2.24) is 5.32 Å². The summed E-state index contributed by atoms with van der Waals surface area (Å²) < 4.78 is 35.8. The van der Waals surface area contributed by atoms with Crippen LogP contribution in [0.25, 0.3) is 0 Å². The van der Waals surface area contributed by atoms with Crippen LogP contribution >= 0.6 is 0 Å². The van der Waals surface area contributed by atoms with Crippen molar-refractivity contribution in [2.45, 2.75) is 25.1 Å².